The van der Waals surface area contributed by atoms with Gasteiger partial charge in [-0.1, -0.05) is 13.8 Å². The Morgan fingerprint density at radius 2 is 1.81 bits per heavy atom. The summed E-state index contributed by atoms with van der Waals surface area (Å²) in [4.78, 5) is 18.8. The summed E-state index contributed by atoms with van der Waals surface area (Å²) in [6.07, 6.45) is 3.53. The van der Waals surface area contributed by atoms with E-state index in [-0.39, 0.29) is 5.91 Å². The molecule has 0 saturated heterocycles. The molecule has 1 amide bonds. The lowest BCUT2D eigenvalue weighted by molar-refractivity contribution is 0.0749. The number of aromatic nitrogens is 1. The van der Waals surface area contributed by atoms with Gasteiger partial charge in [-0.05, 0) is 37.1 Å². The lowest BCUT2D eigenvalue weighted by Crippen LogP contribution is -2.33. The Labute approximate surface area is 155 Å². The largest absolute Gasteiger partial charge is 0.497 e. The van der Waals surface area contributed by atoms with Crippen LogP contribution in [0.1, 0.15) is 37.2 Å². The van der Waals surface area contributed by atoms with Crippen LogP contribution >= 0.6 is 0 Å². The SMILES string of the molecule is CCCN(CCC)C(=O)c1ccc(Nc2ccc(OC)cc2OC)cn1. The summed E-state index contributed by atoms with van der Waals surface area (Å²) >= 11 is 0. The highest BCUT2D eigenvalue weighted by molar-refractivity contribution is 5.92. The molecule has 2 rings (SSSR count). The monoisotopic (exact) mass is 357 g/mol. The van der Waals surface area contributed by atoms with Gasteiger partial charge < -0.3 is 19.7 Å². The third-order valence-electron chi connectivity index (χ3n) is 3.94. The van der Waals surface area contributed by atoms with E-state index in [1.165, 1.54) is 0 Å². The van der Waals surface area contributed by atoms with Gasteiger partial charge in [-0.3, -0.25) is 4.79 Å². The maximum atomic E-state index is 12.6. The summed E-state index contributed by atoms with van der Waals surface area (Å²) < 4.78 is 10.6. The van der Waals surface area contributed by atoms with Gasteiger partial charge in [0.25, 0.3) is 5.91 Å². The molecule has 1 aromatic carbocycles. The normalized spacial score (nSPS) is 10.3. The number of anilines is 2. The molecule has 0 unspecified atom stereocenters. The maximum Gasteiger partial charge on any atom is 0.272 e. The van der Waals surface area contributed by atoms with Crippen molar-refractivity contribution < 1.29 is 14.3 Å². The van der Waals surface area contributed by atoms with Crippen molar-refractivity contribution in [2.45, 2.75) is 26.7 Å². The molecule has 1 aromatic heterocycles. The van der Waals surface area contributed by atoms with Crippen molar-refractivity contribution in [3.63, 3.8) is 0 Å². The number of hydrogen-bond acceptors (Lipinski definition) is 5. The molecular weight excluding hydrogens is 330 g/mol. The highest BCUT2D eigenvalue weighted by atomic mass is 16.5. The molecule has 1 heterocycles. The number of hydrogen-bond donors (Lipinski definition) is 1. The first-order chi connectivity index (χ1) is 12.6. The predicted molar refractivity (Wildman–Crippen MR) is 104 cm³/mol. The Balaban J connectivity index is 2.13. The number of nitrogens with one attached hydrogen (secondary N) is 1. The molecule has 0 radical (unpaired) electrons. The number of amides is 1. The van der Waals surface area contributed by atoms with Crippen molar-refractivity contribution in [1.82, 2.24) is 9.88 Å². The van der Waals surface area contributed by atoms with Gasteiger partial charge in [0.2, 0.25) is 0 Å². The van der Waals surface area contributed by atoms with E-state index in [0.717, 1.165) is 43.1 Å². The summed E-state index contributed by atoms with van der Waals surface area (Å²) in [5.74, 6) is 1.36. The van der Waals surface area contributed by atoms with Gasteiger partial charge in [-0.25, -0.2) is 4.98 Å². The molecule has 26 heavy (non-hydrogen) atoms. The molecular formula is C20H27N3O3. The first-order valence-electron chi connectivity index (χ1n) is 8.87. The Morgan fingerprint density at radius 3 is 2.35 bits per heavy atom. The zero-order valence-electron chi connectivity index (χ0n) is 15.9. The van der Waals surface area contributed by atoms with Gasteiger partial charge in [0, 0.05) is 19.2 Å². The molecule has 0 aliphatic heterocycles. The second-order valence-electron chi connectivity index (χ2n) is 5.92. The molecule has 6 heteroatoms. The third-order valence-corrected chi connectivity index (χ3v) is 3.94. The number of pyridine rings is 1. The lowest BCUT2D eigenvalue weighted by Gasteiger charge is -2.21. The van der Waals surface area contributed by atoms with Gasteiger partial charge in [0.15, 0.2) is 0 Å². The molecule has 6 nitrogen and oxygen atoms in total. The zero-order chi connectivity index (χ0) is 18.9. The van der Waals surface area contributed by atoms with Crippen LogP contribution in [0.4, 0.5) is 11.4 Å². The second kappa shape index (κ2) is 9.65. The van der Waals surface area contributed by atoms with Crippen LogP contribution < -0.4 is 14.8 Å². The van der Waals surface area contributed by atoms with Crippen molar-refractivity contribution in [2.24, 2.45) is 0 Å². The summed E-state index contributed by atoms with van der Waals surface area (Å²) in [5.41, 5.74) is 2.04. The molecule has 0 fully saturated rings. The maximum absolute atomic E-state index is 12.6. The third kappa shape index (κ3) is 4.88. The number of ether oxygens (including phenoxy) is 2. The quantitative estimate of drug-likeness (QED) is 0.732. The topological polar surface area (TPSA) is 63.7 Å². The Morgan fingerprint density at radius 1 is 1.08 bits per heavy atom. The molecule has 0 spiro atoms. The minimum absolute atomic E-state index is 0.0257. The molecule has 0 aliphatic carbocycles. The summed E-state index contributed by atoms with van der Waals surface area (Å²) in [7, 11) is 3.22. The van der Waals surface area contributed by atoms with E-state index in [0.29, 0.717) is 11.4 Å². The van der Waals surface area contributed by atoms with Gasteiger partial charge in [0.1, 0.15) is 17.2 Å². The second-order valence-corrected chi connectivity index (χ2v) is 5.92. The van der Waals surface area contributed by atoms with Gasteiger partial charge in [-0.15, -0.1) is 0 Å². The molecule has 2 aromatic rings. The fraction of sp³-hybridized carbons (Fsp3) is 0.400. The average Bonchev–Trinajstić information content (AvgIpc) is 2.68. The highest BCUT2D eigenvalue weighted by Gasteiger charge is 2.15. The molecule has 0 aliphatic rings. The number of rotatable bonds is 9. The Hall–Kier alpha value is -2.76. The molecule has 140 valence electrons. The number of carbonyl (C=O) groups is 1. The predicted octanol–water partition coefficient (Wildman–Crippen LogP) is 4.10. The van der Waals surface area contributed by atoms with E-state index in [4.69, 9.17) is 9.47 Å². The van der Waals surface area contributed by atoms with E-state index >= 15 is 0 Å². The van der Waals surface area contributed by atoms with Crippen molar-refractivity contribution in [3.05, 3.63) is 42.2 Å². The Kier molecular flexibility index (Phi) is 7.26. The summed E-state index contributed by atoms with van der Waals surface area (Å²) in [6, 6.07) is 9.13. The standard InChI is InChI=1S/C20H27N3O3/c1-5-11-23(12-6-2)20(24)18-9-7-15(14-21-18)22-17-10-8-16(25-3)13-19(17)26-4/h7-10,13-14,22H,5-6,11-12H2,1-4H3. The molecule has 0 atom stereocenters. The highest BCUT2D eigenvalue weighted by Crippen LogP contribution is 2.31. The zero-order valence-corrected chi connectivity index (χ0v) is 15.9. The number of nitrogens with zero attached hydrogens (tertiary/aromatic N) is 2. The molecule has 1 N–H and O–H groups in total. The summed E-state index contributed by atoms with van der Waals surface area (Å²) in [5, 5.41) is 3.25. The number of benzene rings is 1. The van der Waals surface area contributed by atoms with E-state index in [9.17, 15) is 4.79 Å². The Bertz CT molecular complexity index is 711. The van der Waals surface area contributed by atoms with Gasteiger partial charge in [-0.2, -0.15) is 0 Å². The van der Waals surface area contributed by atoms with Crippen LogP contribution in [0.2, 0.25) is 0 Å². The first-order valence-corrected chi connectivity index (χ1v) is 8.87. The van der Waals surface area contributed by atoms with Crippen molar-refractivity contribution in [3.8, 4) is 11.5 Å². The lowest BCUT2D eigenvalue weighted by atomic mass is 10.2. The summed E-state index contributed by atoms with van der Waals surface area (Å²) in [6.45, 7) is 5.63. The molecule has 0 bridgehead atoms. The minimum Gasteiger partial charge on any atom is -0.497 e. The fourth-order valence-corrected chi connectivity index (χ4v) is 2.67. The van der Waals surface area contributed by atoms with Crippen LogP contribution in [0, 0.1) is 0 Å². The van der Waals surface area contributed by atoms with Gasteiger partial charge >= 0.3 is 0 Å². The average molecular weight is 357 g/mol. The van der Waals surface area contributed by atoms with Crippen LogP contribution in [0.15, 0.2) is 36.5 Å². The van der Waals surface area contributed by atoms with Gasteiger partial charge in [0.05, 0.1) is 31.8 Å². The van der Waals surface area contributed by atoms with Crippen LogP contribution in [-0.2, 0) is 0 Å². The van der Waals surface area contributed by atoms with Crippen LogP contribution in [0.3, 0.4) is 0 Å². The fourth-order valence-electron chi connectivity index (χ4n) is 2.67. The van der Waals surface area contributed by atoms with E-state index < -0.39 is 0 Å². The minimum atomic E-state index is -0.0257. The smallest absolute Gasteiger partial charge is 0.272 e. The van der Waals surface area contributed by atoms with E-state index in [2.05, 4.69) is 24.1 Å². The number of carbonyl (C=O) groups excluding carboxylic acids is 1. The van der Waals surface area contributed by atoms with Crippen LogP contribution in [0.5, 0.6) is 11.5 Å². The van der Waals surface area contributed by atoms with Crippen LogP contribution in [0.25, 0.3) is 0 Å². The number of methoxy groups -OCH3 is 2. The van der Waals surface area contributed by atoms with Crippen LogP contribution in [-0.4, -0.2) is 43.1 Å². The molecule has 0 saturated carbocycles. The van der Waals surface area contributed by atoms with E-state index in [1.807, 2.05) is 23.1 Å². The van der Waals surface area contributed by atoms with E-state index in [1.54, 1.807) is 32.5 Å². The van der Waals surface area contributed by atoms with Crippen molar-refractivity contribution in [2.75, 3.05) is 32.6 Å². The van der Waals surface area contributed by atoms with Crippen molar-refractivity contribution >= 4 is 17.3 Å². The van der Waals surface area contributed by atoms with Crippen molar-refractivity contribution in [1.29, 1.82) is 0 Å². The first kappa shape index (κ1) is 19.6.